The minimum absolute atomic E-state index is 0.0412. The summed E-state index contributed by atoms with van der Waals surface area (Å²) < 4.78 is 11.8. The van der Waals surface area contributed by atoms with E-state index in [9.17, 15) is 9.59 Å². The van der Waals surface area contributed by atoms with Gasteiger partial charge in [0, 0.05) is 25.7 Å². The van der Waals surface area contributed by atoms with Crippen LogP contribution in [0.1, 0.15) is 24.2 Å². The van der Waals surface area contributed by atoms with E-state index < -0.39 is 0 Å². The molecule has 0 saturated carbocycles. The molecule has 2 amide bonds. The van der Waals surface area contributed by atoms with Crippen LogP contribution in [0.15, 0.2) is 27.3 Å². The Bertz CT molecular complexity index is 737. The summed E-state index contributed by atoms with van der Waals surface area (Å²) in [5, 5.41) is 3.38. The largest absolute Gasteiger partial charge is 0.490 e. The highest BCUT2D eigenvalue weighted by atomic mass is 79.9. The Kier molecular flexibility index (Phi) is 5.30. The van der Waals surface area contributed by atoms with Crippen molar-refractivity contribution in [3.8, 4) is 5.75 Å². The summed E-state index contributed by atoms with van der Waals surface area (Å²) in [6.07, 6.45) is -0.0412. The van der Waals surface area contributed by atoms with E-state index in [0.717, 1.165) is 5.39 Å². The highest BCUT2D eigenvalue weighted by Gasteiger charge is 2.16. The Balaban J connectivity index is 2.29. The van der Waals surface area contributed by atoms with Crippen molar-refractivity contribution in [2.45, 2.75) is 20.0 Å². The minimum Gasteiger partial charge on any atom is -0.490 e. The number of ether oxygens (including phenoxy) is 1. The van der Waals surface area contributed by atoms with Gasteiger partial charge in [-0.25, -0.2) is 0 Å². The number of amides is 2. The first-order valence-corrected chi connectivity index (χ1v) is 7.95. The summed E-state index contributed by atoms with van der Waals surface area (Å²) in [5.41, 5.74) is 0.917. The lowest BCUT2D eigenvalue weighted by Crippen LogP contribution is -2.36. The number of hydrogen-bond donors (Lipinski definition) is 1. The van der Waals surface area contributed by atoms with Crippen LogP contribution in [0.4, 0.5) is 0 Å². The molecule has 0 aliphatic heterocycles. The number of benzene rings is 1. The number of furan rings is 1. The van der Waals surface area contributed by atoms with Gasteiger partial charge >= 0.3 is 0 Å². The topological polar surface area (TPSA) is 71.8 Å². The molecule has 0 bridgehead atoms. The first-order valence-electron chi connectivity index (χ1n) is 7.16. The Morgan fingerprint density at radius 2 is 2.00 bits per heavy atom. The van der Waals surface area contributed by atoms with E-state index in [2.05, 4.69) is 21.2 Å². The fraction of sp³-hybridized carbons (Fsp3) is 0.375. The zero-order chi connectivity index (χ0) is 17.1. The van der Waals surface area contributed by atoms with Crippen LogP contribution in [0, 0.1) is 0 Å². The molecule has 0 aliphatic carbocycles. The zero-order valence-corrected chi connectivity index (χ0v) is 15.1. The lowest BCUT2D eigenvalue weighted by Gasteiger charge is -2.13. The molecule has 0 unspecified atom stereocenters. The van der Waals surface area contributed by atoms with Crippen LogP contribution in [0.5, 0.6) is 5.75 Å². The molecular weight excluding hydrogens is 364 g/mol. The number of hydrogen-bond acceptors (Lipinski definition) is 4. The second kappa shape index (κ2) is 7.04. The van der Waals surface area contributed by atoms with Gasteiger partial charge in [-0.2, -0.15) is 0 Å². The van der Waals surface area contributed by atoms with Gasteiger partial charge in [0.1, 0.15) is 11.3 Å². The SMILES string of the molecule is CC(C)Oc1cc(C(=O)NCC(=O)N(C)C)cc2oc(Br)cc12. The van der Waals surface area contributed by atoms with Gasteiger partial charge < -0.3 is 19.4 Å². The fourth-order valence-electron chi connectivity index (χ4n) is 1.97. The number of nitrogens with one attached hydrogen (secondary N) is 1. The monoisotopic (exact) mass is 382 g/mol. The third kappa shape index (κ3) is 4.25. The molecule has 7 heteroatoms. The molecule has 124 valence electrons. The average Bonchev–Trinajstić information content (AvgIpc) is 2.84. The van der Waals surface area contributed by atoms with Crippen LogP contribution in [0.25, 0.3) is 11.0 Å². The van der Waals surface area contributed by atoms with E-state index in [-0.39, 0.29) is 24.5 Å². The lowest BCUT2D eigenvalue weighted by molar-refractivity contribution is -0.127. The molecule has 0 aliphatic rings. The first-order chi connectivity index (χ1) is 10.8. The van der Waals surface area contributed by atoms with Crippen LogP contribution in [0.3, 0.4) is 0 Å². The van der Waals surface area contributed by atoms with Gasteiger partial charge in [0.2, 0.25) is 5.91 Å². The maximum absolute atomic E-state index is 12.3. The van der Waals surface area contributed by atoms with Crippen molar-refractivity contribution in [2.24, 2.45) is 0 Å². The number of carbonyl (C=O) groups excluding carboxylic acids is 2. The van der Waals surface area contributed by atoms with E-state index in [0.29, 0.717) is 21.6 Å². The predicted octanol–water partition coefficient (Wildman–Crippen LogP) is 2.80. The van der Waals surface area contributed by atoms with Crippen LogP contribution >= 0.6 is 15.9 Å². The lowest BCUT2D eigenvalue weighted by atomic mass is 10.1. The molecule has 23 heavy (non-hydrogen) atoms. The molecule has 1 N–H and O–H groups in total. The van der Waals surface area contributed by atoms with E-state index in [1.54, 1.807) is 32.3 Å². The van der Waals surface area contributed by atoms with Gasteiger partial charge in [-0.3, -0.25) is 9.59 Å². The maximum Gasteiger partial charge on any atom is 0.251 e. The van der Waals surface area contributed by atoms with Gasteiger partial charge in [-0.1, -0.05) is 0 Å². The van der Waals surface area contributed by atoms with Crippen molar-refractivity contribution in [3.05, 3.63) is 28.4 Å². The van der Waals surface area contributed by atoms with Crippen molar-refractivity contribution in [2.75, 3.05) is 20.6 Å². The number of carbonyl (C=O) groups is 2. The molecule has 0 fully saturated rings. The van der Waals surface area contributed by atoms with Gasteiger partial charge in [-0.15, -0.1) is 0 Å². The number of fused-ring (bicyclic) bond motifs is 1. The summed E-state index contributed by atoms with van der Waals surface area (Å²) in [6.45, 7) is 3.75. The molecule has 6 nitrogen and oxygen atoms in total. The van der Waals surface area contributed by atoms with E-state index in [1.165, 1.54) is 4.90 Å². The number of likely N-dealkylation sites (N-methyl/N-ethyl adjacent to an activating group) is 1. The molecule has 0 radical (unpaired) electrons. The highest BCUT2D eigenvalue weighted by Crippen LogP contribution is 2.33. The number of nitrogens with zero attached hydrogens (tertiary/aromatic N) is 1. The van der Waals surface area contributed by atoms with Crippen molar-refractivity contribution in [1.82, 2.24) is 10.2 Å². The van der Waals surface area contributed by atoms with Gasteiger partial charge in [0.25, 0.3) is 5.91 Å². The molecule has 2 rings (SSSR count). The summed E-state index contributed by atoms with van der Waals surface area (Å²) in [5.74, 6) is 0.0260. The highest BCUT2D eigenvalue weighted by molar-refractivity contribution is 9.10. The van der Waals surface area contributed by atoms with Gasteiger partial charge in [0.15, 0.2) is 4.67 Å². The second-order valence-electron chi connectivity index (χ2n) is 5.57. The molecule has 0 saturated heterocycles. The van der Waals surface area contributed by atoms with Crippen LogP contribution in [-0.4, -0.2) is 43.5 Å². The fourth-order valence-corrected chi connectivity index (χ4v) is 2.38. The van der Waals surface area contributed by atoms with Crippen molar-refractivity contribution < 1.29 is 18.7 Å². The van der Waals surface area contributed by atoms with Crippen LogP contribution in [-0.2, 0) is 4.79 Å². The third-order valence-electron chi connectivity index (χ3n) is 3.09. The zero-order valence-electron chi connectivity index (χ0n) is 13.5. The summed E-state index contributed by atoms with van der Waals surface area (Å²) in [7, 11) is 3.27. The summed E-state index contributed by atoms with van der Waals surface area (Å²) in [4.78, 5) is 25.3. The third-order valence-corrected chi connectivity index (χ3v) is 3.48. The maximum atomic E-state index is 12.3. The molecule has 0 spiro atoms. The average molecular weight is 383 g/mol. The molecule has 1 aromatic carbocycles. The summed E-state index contributed by atoms with van der Waals surface area (Å²) >= 11 is 3.28. The first kappa shape index (κ1) is 17.3. The van der Waals surface area contributed by atoms with E-state index in [4.69, 9.17) is 9.15 Å². The Morgan fingerprint density at radius 3 is 2.61 bits per heavy atom. The number of halogens is 1. The molecule has 1 heterocycles. The normalized spacial score (nSPS) is 10.9. The van der Waals surface area contributed by atoms with Gasteiger partial charge in [0.05, 0.1) is 18.0 Å². The van der Waals surface area contributed by atoms with Crippen molar-refractivity contribution in [1.29, 1.82) is 0 Å². The quantitative estimate of drug-likeness (QED) is 0.862. The van der Waals surface area contributed by atoms with E-state index >= 15 is 0 Å². The second-order valence-corrected chi connectivity index (χ2v) is 6.36. The minimum atomic E-state index is -0.358. The molecular formula is C16H19BrN2O4. The molecule has 1 aromatic heterocycles. The molecule has 2 aromatic rings. The number of rotatable bonds is 5. The molecule has 0 atom stereocenters. The Hall–Kier alpha value is -2.02. The van der Waals surface area contributed by atoms with Crippen LogP contribution in [0.2, 0.25) is 0 Å². The smallest absolute Gasteiger partial charge is 0.251 e. The van der Waals surface area contributed by atoms with Gasteiger partial charge in [-0.05, 0) is 41.9 Å². The van der Waals surface area contributed by atoms with Crippen molar-refractivity contribution >= 4 is 38.7 Å². The Labute approximate surface area is 142 Å². The standard InChI is InChI=1S/C16H19BrN2O4/c1-9(2)22-12-5-10(6-13-11(12)7-14(17)23-13)16(21)18-8-15(20)19(3)4/h5-7,9H,8H2,1-4H3,(H,18,21). The van der Waals surface area contributed by atoms with Crippen LogP contribution < -0.4 is 10.1 Å². The van der Waals surface area contributed by atoms with Crippen molar-refractivity contribution in [3.63, 3.8) is 0 Å². The predicted molar refractivity (Wildman–Crippen MR) is 90.7 cm³/mol. The Morgan fingerprint density at radius 1 is 1.30 bits per heavy atom. The van der Waals surface area contributed by atoms with E-state index in [1.807, 2.05) is 13.8 Å². The summed E-state index contributed by atoms with van der Waals surface area (Å²) in [6, 6.07) is 5.08.